The van der Waals surface area contributed by atoms with E-state index < -0.39 is 25.9 Å². The smallest absolute Gasteiger partial charge is 0.306 e. The second-order valence-electron chi connectivity index (χ2n) is 13.0. The predicted octanol–water partition coefficient (Wildman–Crippen LogP) is 6.08. The van der Waals surface area contributed by atoms with Gasteiger partial charge in [0.25, 0.3) is 7.82 Å². The van der Waals surface area contributed by atoms with Crippen LogP contribution in [0, 0.1) is 0 Å². The van der Waals surface area contributed by atoms with E-state index in [2.05, 4.69) is 6.92 Å². The molecule has 0 fully saturated rings. The van der Waals surface area contributed by atoms with Crippen molar-refractivity contribution in [2.45, 2.75) is 148 Å². The fourth-order valence-corrected chi connectivity index (χ4v) is 5.41. The lowest BCUT2D eigenvalue weighted by molar-refractivity contribution is -0.870. The number of hydrogen-bond acceptors (Lipinski definition) is 9. The zero-order chi connectivity index (χ0) is 32.9. The Morgan fingerprint density at radius 1 is 0.659 bits per heavy atom. The van der Waals surface area contributed by atoms with Crippen molar-refractivity contribution in [2.75, 3.05) is 54.1 Å². The molecule has 0 aliphatic heterocycles. The molecule has 0 aromatic heterocycles. The molecular formula is C33H65NO9P-. The standard InChI is InChI=1S/C33H66NO9P/c1-5-6-7-8-9-10-11-12-13-14-15-16-20-23-27-40-29-31(30-42-44(38,39)41-28-26-34(2,3)4)43-33(37)25-22-19-17-18-21-24-32(35)36/h31H,5-30H2,1-4H3,(H-,35,36,38,39)/p-1/t31-/m1/s1. The molecule has 0 N–H and O–H groups in total. The Kier molecular flexibility index (Phi) is 27.6. The van der Waals surface area contributed by atoms with Gasteiger partial charge < -0.3 is 37.8 Å². The third kappa shape index (κ3) is 32.4. The first-order chi connectivity index (χ1) is 20.9. The summed E-state index contributed by atoms with van der Waals surface area (Å²) >= 11 is 0. The van der Waals surface area contributed by atoms with Crippen LogP contribution in [0.3, 0.4) is 0 Å². The average molecular weight is 651 g/mol. The van der Waals surface area contributed by atoms with Crippen LogP contribution < -0.4 is 10.00 Å². The molecule has 0 saturated carbocycles. The zero-order valence-corrected chi connectivity index (χ0v) is 29.4. The minimum atomic E-state index is -4.55. The highest BCUT2D eigenvalue weighted by atomic mass is 31.2. The first-order valence-electron chi connectivity index (χ1n) is 17.3. The van der Waals surface area contributed by atoms with Crippen molar-refractivity contribution < 1.29 is 47.2 Å². The van der Waals surface area contributed by atoms with Gasteiger partial charge in [0.2, 0.25) is 0 Å². The molecule has 11 heteroatoms. The SMILES string of the molecule is CCCCCCCCCCCCCCCCOC[C@H](COP(=O)([O-])OCC[N+](C)(C)C)OC(=O)CCCCCCCC(=O)[O-]. The lowest BCUT2D eigenvalue weighted by Crippen LogP contribution is -2.37. The van der Waals surface area contributed by atoms with Gasteiger partial charge >= 0.3 is 5.97 Å². The summed E-state index contributed by atoms with van der Waals surface area (Å²) in [7, 11) is 1.24. The summed E-state index contributed by atoms with van der Waals surface area (Å²) in [4.78, 5) is 35.1. The molecule has 2 atom stereocenters. The number of carbonyl (C=O) groups is 2. The van der Waals surface area contributed by atoms with Gasteiger partial charge in [0.05, 0.1) is 34.4 Å². The van der Waals surface area contributed by atoms with Crippen LogP contribution in [0.15, 0.2) is 0 Å². The van der Waals surface area contributed by atoms with Gasteiger partial charge in [0, 0.05) is 19.0 Å². The first-order valence-corrected chi connectivity index (χ1v) is 18.8. The van der Waals surface area contributed by atoms with Crippen molar-refractivity contribution in [3.05, 3.63) is 0 Å². The monoisotopic (exact) mass is 650 g/mol. The van der Waals surface area contributed by atoms with Crippen LogP contribution in [0.1, 0.15) is 142 Å². The number of aliphatic carboxylic acids is 1. The van der Waals surface area contributed by atoms with Crippen LogP contribution in [-0.2, 0) is 32.7 Å². The summed E-state index contributed by atoms with van der Waals surface area (Å²) in [5, 5.41) is 10.5. The molecule has 0 radical (unpaired) electrons. The summed E-state index contributed by atoms with van der Waals surface area (Å²) in [6.07, 6.45) is 20.7. The minimum Gasteiger partial charge on any atom is -0.756 e. The maximum Gasteiger partial charge on any atom is 0.306 e. The van der Waals surface area contributed by atoms with Crippen molar-refractivity contribution in [3.8, 4) is 0 Å². The number of carboxylic acids is 1. The Morgan fingerprint density at radius 3 is 1.64 bits per heavy atom. The number of rotatable bonds is 33. The highest BCUT2D eigenvalue weighted by Gasteiger charge is 2.20. The fourth-order valence-electron chi connectivity index (χ4n) is 4.68. The van der Waals surface area contributed by atoms with Crippen molar-refractivity contribution in [3.63, 3.8) is 0 Å². The molecule has 0 aromatic rings. The van der Waals surface area contributed by atoms with Crippen LogP contribution in [0.4, 0.5) is 0 Å². The Balaban J connectivity index is 4.26. The molecule has 262 valence electrons. The van der Waals surface area contributed by atoms with Gasteiger partial charge in [-0.15, -0.1) is 0 Å². The summed E-state index contributed by atoms with van der Waals surface area (Å²) in [5.41, 5.74) is 0. The summed E-state index contributed by atoms with van der Waals surface area (Å²) < 4.78 is 34.0. The third-order valence-corrected chi connectivity index (χ3v) is 8.40. The van der Waals surface area contributed by atoms with Gasteiger partial charge in [0.1, 0.15) is 19.3 Å². The highest BCUT2D eigenvalue weighted by Crippen LogP contribution is 2.38. The zero-order valence-electron chi connectivity index (χ0n) is 28.5. The Morgan fingerprint density at radius 2 is 1.14 bits per heavy atom. The Hall–Kier alpha value is -1.03. The molecule has 0 aromatic carbocycles. The lowest BCUT2D eigenvalue weighted by atomic mass is 10.0. The van der Waals surface area contributed by atoms with E-state index in [0.29, 0.717) is 30.5 Å². The van der Waals surface area contributed by atoms with Crippen LogP contribution in [0.5, 0.6) is 0 Å². The number of esters is 1. The largest absolute Gasteiger partial charge is 0.756 e. The second kappa shape index (κ2) is 28.2. The van der Waals surface area contributed by atoms with Gasteiger partial charge in [-0.25, -0.2) is 0 Å². The van der Waals surface area contributed by atoms with Crippen LogP contribution in [-0.4, -0.2) is 76.6 Å². The van der Waals surface area contributed by atoms with E-state index in [-0.39, 0.29) is 32.7 Å². The average Bonchev–Trinajstić information content (AvgIpc) is 2.94. The normalized spacial score (nSPS) is 13.9. The van der Waals surface area contributed by atoms with E-state index in [1.807, 2.05) is 21.1 Å². The van der Waals surface area contributed by atoms with Crippen LogP contribution in [0.25, 0.3) is 0 Å². The predicted molar refractivity (Wildman–Crippen MR) is 171 cm³/mol. The highest BCUT2D eigenvalue weighted by molar-refractivity contribution is 7.45. The number of hydrogen-bond donors (Lipinski definition) is 0. The molecule has 44 heavy (non-hydrogen) atoms. The van der Waals surface area contributed by atoms with E-state index in [0.717, 1.165) is 32.1 Å². The van der Waals surface area contributed by atoms with Gasteiger partial charge in [-0.05, 0) is 25.7 Å². The number of unbranched alkanes of at least 4 members (excludes halogenated alkanes) is 17. The topological polar surface area (TPSA) is 134 Å². The van der Waals surface area contributed by atoms with E-state index in [4.69, 9.17) is 18.5 Å². The van der Waals surface area contributed by atoms with Crippen molar-refractivity contribution in [1.82, 2.24) is 0 Å². The fraction of sp³-hybridized carbons (Fsp3) is 0.939. The third-order valence-electron chi connectivity index (χ3n) is 7.44. The number of carbonyl (C=O) groups excluding carboxylic acids is 2. The van der Waals surface area contributed by atoms with Gasteiger partial charge in [-0.3, -0.25) is 9.36 Å². The number of carboxylic acid groups (broad SMARTS) is 1. The molecule has 0 aliphatic carbocycles. The number of nitrogens with zero attached hydrogens (tertiary/aromatic N) is 1. The molecule has 0 heterocycles. The van der Waals surface area contributed by atoms with Crippen LogP contribution >= 0.6 is 7.82 Å². The minimum absolute atomic E-state index is 0.00661. The molecule has 1 unspecified atom stereocenters. The molecule has 0 aliphatic rings. The molecule has 10 nitrogen and oxygen atoms in total. The van der Waals surface area contributed by atoms with E-state index in [1.165, 1.54) is 77.0 Å². The summed E-state index contributed by atoms with van der Waals surface area (Å²) in [6.45, 7) is 2.93. The summed E-state index contributed by atoms with van der Waals surface area (Å²) in [6, 6.07) is 0. The maximum atomic E-state index is 12.4. The first kappa shape index (κ1) is 43.0. The number of phosphoric acid groups is 1. The van der Waals surface area contributed by atoms with Gasteiger partial charge in [0.15, 0.2) is 0 Å². The number of phosphoric ester groups is 1. The number of quaternary nitrogens is 1. The van der Waals surface area contributed by atoms with E-state index in [9.17, 15) is 24.2 Å². The van der Waals surface area contributed by atoms with Crippen molar-refractivity contribution >= 4 is 19.8 Å². The van der Waals surface area contributed by atoms with Gasteiger partial charge in [-0.1, -0.05) is 110 Å². The molecule has 0 rings (SSSR count). The molecular weight excluding hydrogens is 585 g/mol. The Bertz CT molecular complexity index is 745. The van der Waals surface area contributed by atoms with E-state index >= 15 is 0 Å². The molecule has 0 amide bonds. The van der Waals surface area contributed by atoms with Crippen LogP contribution in [0.2, 0.25) is 0 Å². The quantitative estimate of drug-likeness (QED) is 0.0358. The second-order valence-corrected chi connectivity index (χ2v) is 14.4. The number of likely N-dealkylation sites (N-methyl/N-ethyl adjacent to an activating group) is 1. The molecule has 0 saturated heterocycles. The summed E-state index contributed by atoms with van der Waals surface area (Å²) in [5.74, 6) is -1.49. The van der Waals surface area contributed by atoms with Crippen molar-refractivity contribution in [1.29, 1.82) is 0 Å². The lowest BCUT2D eigenvalue weighted by Gasteiger charge is -2.28. The molecule has 0 spiro atoms. The maximum absolute atomic E-state index is 12.4. The van der Waals surface area contributed by atoms with Crippen molar-refractivity contribution in [2.24, 2.45) is 0 Å². The number of ether oxygens (including phenoxy) is 2. The van der Waals surface area contributed by atoms with Gasteiger partial charge in [-0.2, -0.15) is 0 Å². The molecule has 0 bridgehead atoms. The van der Waals surface area contributed by atoms with E-state index in [1.54, 1.807) is 0 Å². The Labute approximate surface area is 268 Å².